The van der Waals surface area contributed by atoms with Gasteiger partial charge in [-0.25, -0.2) is 0 Å². The summed E-state index contributed by atoms with van der Waals surface area (Å²) in [5.74, 6) is 0. The van der Waals surface area contributed by atoms with E-state index in [-0.39, 0.29) is 23.5 Å². The van der Waals surface area contributed by atoms with E-state index in [1.165, 1.54) is 0 Å². The second-order valence-corrected chi connectivity index (χ2v) is 6.33. The minimum atomic E-state index is -0.263. The topological polar surface area (TPSA) is 38.7 Å². The van der Waals surface area contributed by atoms with Crippen LogP contribution in [0.2, 0.25) is 0 Å². The largest absolute Gasteiger partial charge is 0.394 e. The SMILES string of the molecule is CCCC(Cl)CCOCC(CO)OCCC(Cl)CCC. The Bertz CT molecular complexity index is 206. The first kappa shape index (κ1) is 20.5. The molecule has 3 unspecified atom stereocenters. The molecule has 0 aromatic carbocycles. The molecule has 5 heteroatoms. The molecule has 0 fully saturated rings. The van der Waals surface area contributed by atoms with Gasteiger partial charge in [-0.05, 0) is 25.7 Å². The van der Waals surface area contributed by atoms with E-state index in [9.17, 15) is 5.11 Å². The zero-order valence-corrected chi connectivity index (χ0v) is 14.3. The molecular weight excluding hydrogens is 299 g/mol. The van der Waals surface area contributed by atoms with Gasteiger partial charge in [0.1, 0.15) is 6.10 Å². The fourth-order valence-electron chi connectivity index (χ4n) is 1.86. The monoisotopic (exact) mass is 328 g/mol. The lowest BCUT2D eigenvalue weighted by molar-refractivity contribution is -0.0434. The van der Waals surface area contributed by atoms with Gasteiger partial charge in [0, 0.05) is 24.0 Å². The molecule has 0 aliphatic rings. The fourth-order valence-corrected chi connectivity index (χ4v) is 2.47. The molecule has 0 spiro atoms. The molecule has 0 heterocycles. The number of halogens is 2. The van der Waals surface area contributed by atoms with Crippen LogP contribution in [0.1, 0.15) is 52.4 Å². The average Bonchev–Trinajstić information content (AvgIpc) is 2.42. The maximum atomic E-state index is 9.22. The van der Waals surface area contributed by atoms with Crippen molar-refractivity contribution in [3.05, 3.63) is 0 Å². The summed E-state index contributed by atoms with van der Waals surface area (Å²) >= 11 is 12.2. The third kappa shape index (κ3) is 12.2. The van der Waals surface area contributed by atoms with Gasteiger partial charge in [0.2, 0.25) is 0 Å². The molecule has 122 valence electrons. The van der Waals surface area contributed by atoms with Crippen LogP contribution < -0.4 is 0 Å². The van der Waals surface area contributed by atoms with Gasteiger partial charge in [-0.1, -0.05) is 26.7 Å². The van der Waals surface area contributed by atoms with Crippen LogP contribution >= 0.6 is 23.2 Å². The maximum Gasteiger partial charge on any atom is 0.104 e. The van der Waals surface area contributed by atoms with E-state index < -0.39 is 0 Å². The lowest BCUT2D eigenvalue weighted by Gasteiger charge is -2.17. The van der Waals surface area contributed by atoms with Gasteiger partial charge in [0.25, 0.3) is 0 Å². The maximum absolute atomic E-state index is 9.22. The Kier molecular flexibility index (Phi) is 14.7. The molecule has 0 aromatic rings. The second-order valence-electron chi connectivity index (χ2n) is 5.10. The van der Waals surface area contributed by atoms with E-state index >= 15 is 0 Å². The average molecular weight is 329 g/mol. The highest BCUT2D eigenvalue weighted by Crippen LogP contribution is 2.11. The highest BCUT2D eigenvalue weighted by atomic mass is 35.5. The molecule has 0 saturated heterocycles. The Hall–Kier alpha value is 0.460. The van der Waals surface area contributed by atoms with E-state index in [1.807, 2.05) is 0 Å². The molecule has 1 N–H and O–H groups in total. The number of rotatable bonds is 14. The lowest BCUT2D eigenvalue weighted by atomic mass is 10.2. The molecule has 0 aromatic heterocycles. The molecule has 0 rings (SSSR count). The van der Waals surface area contributed by atoms with Gasteiger partial charge in [-0.2, -0.15) is 0 Å². The predicted molar refractivity (Wildman–Crippen MR) is 86.0 cm³/mol. The van der Waals surface area contributed by atoms with Gasteiger partial charge in [-0.15, -0.1) is 23.2 Å². The first-order valence-electron chi connectivity index (χ1n) is 7.72. The van der Waals surface area contributed by atoms with Crippen molar-refractivity contribution in [2.24, 2.45) is 0 Å². The summed E-state index contributed by atoms with van der Waals surface area (Å²) in [5.41, 5.74) is 0. The fraction of sp³-hybridized carbons (Fsp3) is 1.00. The van der Waals surface area contributed by atoms with Crippen LogP contribution in [0.5, 0.6) is 0 Å². The zero-order chi connectivity index (χ0) is 15.2. The zero-order valence-electron chi connectivity index (χ0n) is 12.8. The van der Waals surface area contributed by atoms with Gasteiger partial charge in [0.15, 0.2) is 0 Å². The van der Waals surface area contributed by atoms with Crippen molar-refractivity contribution < 1.29 is 14.6 Å². The molecule has 20 heavy (non-hydrogen) atoms. The Morgan fingerprint density at radius 2 is 1.45 bits per heavy atom. The molecule has 0 radical (unpaired) electrons. The van der Waals surface area contributed by atoms with Crippen molar-refractivity contribution in [3.8, 4) is 0 Å². The summed E-state index contributed by atoms with van der Waals surface area (Å²) in [4.78, 5) is 0. The summed E-state index contributed by atoms with van der Waals surface area (Å²) in [6.45, 7) is 5.80. The molecule has 0 amide bonds. The summed E-state index contributed by atoms with van der Waals surface area (Å²) in [6, 6.07) is 0. The van der Waals surface area contributed by atoms with Crippen molar-refractivity contribution in [3.63, 3.8) is 0 Å². The number of ether oxygens (including phenoxy) is 2. The van der Waals surface area contributed by atoms with E-state index in [0.29, 0.717) is 19.8 Å². The first-order chi connectivity index (χ1) is 9.63. The smallest absolute Gasteiger partial charge is 0.104 e. The standard InChI is InChI=1S/C15H30Cl2O3/c1-3-5-13(16)7-9-19-12-15(11-18)20-10-8-14(17)6-4-2/h13-15,18H,3-12H2,1-2H3. The third-order valence-electron chi connectivity index (χ3n) is 3.07. The minimum Gasteiger partial charge on any atom is -0.394 e. The molecule has 3 atom stereocenters. The number of hydrogen-bond acceptors (Lipinski definition) is 3. The summed E-state index contributed by atoms with van der Waals surface area (Å²) in [6.07, 6.45) is 5.57. The molecular formula is C15H30Cl2O3. The normalized spacial score (nSPS) is 16.1. The summed E-state index contributed by atoms with van der Waals surface area (Å²) < 4.78 is 11.1. The number of alkyl halides is 2. The molecule has 0 saturated carbocycles. The van der Waals surface area contributed by atoms with Crippen LogP contribution in [-0.2, 0) is 9.47 Å². The molecule has 0 aliphatic heterocycles. The first-order valence-corrected chi connectivity index (χ1v) is 8.59. The Morgan fingerprint density at radius 1 is 0.900 bits per heavy atom. The highest BCUT2D eigenvalue weighted by Gasteiger charge is 2.10. The van der Waals surface area contributed by atoms with Crippen LogP contribution in [0.3, 0.4) is 0 Å². The quantitative estimate of drug-likeness (QED) is 0.387. The number of aliphatic hydroxyl groups is 1. The van der Waals surface area contributed by atoms with Crippen LogP contribution in [0, 0.1) is 0 Å². The van der Waals surface area contributed by atoms with Gasteiger partial charge >= 0.3 is 0 Å². The molecule has 0 bridgehead atoms. The van der Waals surface area contributed by atoms with Crippen molar-refractivity contribution in [1.29, 1.82) is 0 Å². The Morgan fingerprint density at radius 3 is 1.95 bits per heavy atom. The van der Waals surface area contributed by atoms with E-state index in [4.69, 9.17) is 32.7 Å². The summed E-state index contributed by atoms with van der Waals surface area (Å²) in [5, 5.41) is 9.56. The van der Waals surface area contributed by atoms with Crippen LogP contribution in [0.15, 0.2) is 0 Å². The van der Waals surface area contributed by atoms with Crippen LogP contribution in [-0.4, -0.2) is 48.4 Å². The van der Waals surface area contributed by atoms with Gasteiger partial charge < -0.3 is 14.6 Å². The van der Waals surface area contributed by atoms with Crippen molar-refractivity contribution >= 4 is 23.2 Å². The predicted octanol–water partition coefficient (Wildman–Crippen LogP) is 3.98. The number of aliphatic hydroxyl groups excluding tert-OH is 1. The Labute approximate surface area is 133 Å². The van der Waals surface area contributed by atoms with Crippen LogP contribution in [0.4, 0.5) is 0 Å². The van der Waals surface area contributed by atoms with Crippen molar-refractivity contribution in [1.82, 2.24) is 0 Å². The highest BCUT2D eigenvalue weighted by molar-refractivity contribution is 6.20. The Balaban J connectivity index is 3.56. The van der Waals surface area contributed by atoms with E-state index in [0.717, 1.165) is 38.5 Å². The van der Waals surface area contributed by atoms with E-state index in [2.05, 4.69) is 13.8 Å². The van der Waals surface area contributed by atoms with Crippen LogP contribution in [0.25, 0.3) is 0 Å². The van der Waals surface area contributed by atoms with E-state index in [1.54, 1.807) is 0 Å². The van der Waals surface area contributed by atoms with Crippen molar-refractivity contribution in [2.45, 2.75) is 69.2 Å². The third-order valence-corrected chi connectivity index (χ3v) is 3.94. The molecule has 3 nitrogen and oxygen atoms in total. The summed E-state index contributed by atoms with van der Waals surface area (Å²) in [7, 11) is 0. The van der Waals surface area contributed by atoms with Gasteiger partial charge in [-0.3, -0.25) is 0 Å². The van der Waals surface area contributed by atoms with Crippen molar-refractivity contribution in [2.75, 3.05) is 26.4 Å². The van der Waals surface area contributed by atoms with Gasteiger partial charge in [0.05, 0.1) is 13.2 Å². The lowest BCUT2D eigenvalue weighted by Crippen LogP contribution is -2.25. The number of hydrogen-bond donors (Lipinski definition) is 1. The minimum absolute atomic E-state index is 0.0278. The second kappa shape index (κ2) is 14.4. The molecule has 0 aliphatic carbocycles.